The molecule has 5 aromatic rings. The van der Waals surface area contributed by atoms with Crippen molar-refractivity contribution in [1.29, 1.82) is 0 Å². The van der Waals surface area contributed by atoms with Gasteiger partial charge in [-0.05, 0) is 68.8 Å². The summed E-state index contributed by atoms with van der Waals surface area (Å²) in [7, 11) is 0. The molecule has 1 amide bonds. The molecule has 1 aliphatic heterocycles. The largest absolute Gasteiger partial charge is 0.464 e. The van der Waals surface area contributed by atoms with Crippen molar-refractivity contribution in [2.75, 3.05) is 5.32 Å². The number of thiazole rings is 1. The van der Waals surface area contributed by atoms with Crippen LogP contribution in [0.2, 0.25) is 5.02 Å². The number of para-hydroxylation sites is 1. The standard InChI is InChI=1S/C31H24ClN3O4S/c1-17-7-4-5-10-23(17)34-29(36)27-19(3)33-31-35(28(27)25-13-11-18(2)38-25)30(37)26(40-31)16-22-12-14-24(39-22)20-8-6-9-21(32)15-20/h4-16,28H,1-3H3,(H,34,36)/b26-16+/t28-/m0/s1. The van der Waals surface area contributed by atoms with Crippen LogP contribution in [-0.2, 0) is 4.79 Å². The fourth-order valence-corrected chi connectivity index (χ4v) is 5.96. The summed E-state index contributed by atoms with van der Waals surface area (Å²) < 4.78 is 13.9. The molecule has 3 aromatic heterocycles. The molecule has 1 N–H and O–H groups in total. The van der Waals surface area contributed by atoms with Crippen LogP contribution in [0.25, 0.3) is 17.4 Å². The zero-order chi connectivity index (χ0) is 28.0. The minimum atomic E-state index is -0.783. The molecule has 0 radical (unpaired) electrons. The van der Waals surface area contributed by atoms with Gasteiger partial charge in [0.2, 0.25) is 0 Å². The summed E-state index contributed by atoms with van der Waals surface area (Å²) in [6.07, 6.45) is 1.69. The number of amides is 1. The lowest BCUT2D eigenvalue weighted by molar-refractivity contribution is -0.113. The van der Waals surface area contributed by atoms with Crippen LogP contribution in [0.3, 0.4) is 0 Å². The number of anilines is 1. The molecular weight excluding hydrogens is 546 g/mol. The number of aromatic nitrogens is 1. The molecule has 0 spiro atoms. The first-order chi connectivity index (χ1) is 19.3. The Morgan fingerprint density at radius 2 is 1.85 bits per heavy atom. The Bertz CT molecular complexity index is 1990. The number of hydrogen-bond acceptors (Lipinski definition) is 6. The lowest BCUT2D eigenvalue weighted by Crippen LogP contribution is -2.40. The van der Waals surface area contributed by atoms with Gasteiger partial charge in [0.15, 0.2) is 4.80 Å². The third kappa shape index (κ3) is 4.76. The highest BCUT2D eigenvalue weighted by atomic mass is 35.5. The summed E-state index contributed by atoms with van der Waals surface area (Å²) in [5.41, 5.74) is 3.01. The third-order valence-electron chi connectivity index (χ3n) is 6.70. The zero-order valence-corrected chi connectivity index (χ0v) is 23.5. The predicted octanol–water partition coefficient (Wildman–Crippen LogP) is 6.00. The summed E-state index contributed by atoms with van der Waals surface area (Å²) in [4.78, 5) is 32.7. The van der Waals surface area contributed by atoms with Gasteiger partial charge < -0.3 is 14.2 Å². The minimum Gasteiger partial charge on any atom is -0.464 e. The number of nitrogens with zero attached hydrogens (tertiary/aromatic N) is 2. The van der Waals surface area contributed by atoms with E-state index in [2.05, 4.69) is 10.3 Å². The second-order valence-electron chi connectivity index (χ2n) is 9.51. The van der Waals surface area contributed by atoms with Gasteiger partial charge in [-0.3, -0.25) is 14.2 Å². The molecule has 200 valence electrons. The molecule has 0 bridgehead atoms. The van der Waals surface area contributed by atoms with Crippen LogP contribution in [-0.4, -0.2) is 10.5 Å². The summed E-state index contributed by atoms with van der Waals surface area (Å²) >= 11 is 7.37. The van der Waals surface area contributed by atoms with Gasteiger partial charge in [-0.2, -0.15) is 0 Å². The number of carbonyl (C=O) groups excluding carboxylic acids is 1. The normalized spacial score (nSPS) is 15.2. The fourth-order valence-electron chi connectivity index (χ4n) is 4.74. The number of hydrogen-bond donors (Lipinski definition) is 1. The average Bonchev–Trinajstić information content (AvgIpc) is 3.64. The third-order valence-corrected chi connectivity index (χ3v) is 7.92. The molecule has 2 aromatic carbocycles. The van der Waals surface area contributed by atoms with Crippen LogP contribution >= 0.6 is 22.9 Å². The van der Waals surface area contributed by atoms with Crippen LogP contribution in [0.4, 0.5) is 5.69 Å². The Kier molecular flexibility index (Phi) is 6.65. The number of allylic oxidation sites excluding steroid dienone is 1. The first-order valence-electron chi connectivity index (χ1n) is 12.6. The van der Waals surface area contributed by atoms with E-state index in [9.17, 15) is 9.59 Å². The predicted molar refractivity (Wildman–Crippen MR) is 156 cm³/mol. The summed E-state index contributed by atoms with van der Waals surface area (Å²) in [6.45, 7) is 5.52. The molecule has 0 unspecified atom stereocenters. The molecule has 4 heterocycles. The number of benzene rings is 2. The number of carbonyl (C=O) groups is 1. The number of fused-ring (bicyclic) bond motifs is 1. The summed E-state index contributed by atoms with van der Waals surface area (Å²) in [5.74, 6) is 1.96. The molecule has 0 saturated heterocycles. The minimum absolute atomic E-state index is 0.294. The van der Waals surface area contributed by atoms with Crippen LogP contribution in [0.1, 0.15) is 35.8 Å². The molecule has 9 heteroatoms. The van der Waals surface area contributed by atoms with Crippen molar-refractivity contribution < 1.29 is 13.6 Å². The van der Waals surface area contributed by atoms with E-state index in [1.807, 2.05) is 68.4 Å². The van der Waals surface area contributed by atoms with Gasteiger partial charge in [0.1, 0.15) is 29.1 Å². The Hall–Kier alpha value is -4.40. The highest BCUT2D eigenvalue weighted by Crippen LogP contribution is 2.32. The van der Waals surface area contributed by atoms with Gasteiger partial charge >= 0.3 is 0 Å². The molecular formula is C31H24ClN3O4S. The van der Waals surface area contributed by atoms with Crippen LogP contribution < -0.4 is 20.2 Å². The highest BCUT2D eigenvalue weighted by molar-refractivity contribution is 7.07. The molecule has 0 saturated carbocycles. The maximum Gasteiger partial charge on any atom is 0.271 e. The number of furan rings is 2. The molecule has 0 fully saturated rings. The van der Waals surface area contributed by atoms with Crippen molar-refractivity contribution in [2.45, 2.75) is 26.8 Å². The number of rotatable bonds is 5. The first-order valence-corrected chi connectivity index (χ1v) is 13.8. The number of halogens is 1. The summed E-state index contributed by atoms with van der Waals surface area (Å²) in [5, 5.41) is 3.60. The van der Waals surface area contributed by atoms with Crippen molar-refractivity contribution in [3.8, 4) is 11.3 Å². The Morgan fingerprint density at radius 3 is 2.60 bits per heavy atom. The zero-order valence-electron chi connectivity index (χ0n) is 21.9. The van der Waals surface area contributed by atoms with Crippen molar-refractivity contribution >= 4 is 40.6 Å². The maximum atomic E-state index is 13.8. The van der Waals surface area contributed by atoms with Crippen LogP contribution in [0, 0.1) is 13.8 Å². The smallest absolute Gasteiger partial charge is 0.271 e. The first kappa shape index (κ1) is 25.9. The molecule has 6 rings (SSSR count). The number of nitrogens with one attached hydrogen (secondary N) is 1. The Balaban J connectivity index is 1.44. The SMILES string of the molecule is CC1=C(C(=O)Nc2ccccc2C)[C@H](c2ccc(C)o2)n2c(s/c(=C/c3ccc(-c4cccc(Cl)c4)o3)c2=O)=N1. The lowest BCUT2D eigenvalue weighted by Gasteiger charge is -2.23. The Labute approximate surface area is 238 Å². The monoisotopic (exact) mass is 569 g/mol. The van der Waals surface area contributed by atoms with E-state index in [4.69, 9.17) is 20.4 Å². The van der Waals surface area contributed by atoms with E-state index in [0.29, 0.717) is 54.4 Å². The van der Waals surface area contributed by atoms with E-state index < -0.39 is 6.04 Å². The van der Waals surface area contributed by atoms with Crippen molar-refractivity contribution in [2.24, 2.45) is 4.99 Å². The molecule has 40 heavy (non-hydrogen) atoms. The topological polar surface area (TPSA) is 89.7 Å². The average molecular weight is 570 g/mol. The lowest BCUT2D eigenvalue weighted by atomic mass is 10.00. The van der Waals surface area contributed by atoms with Gasteiger partial charge in [-0.15, -0.1) is 0 Å². The fraction of sp³-hybridized carbons (Fsp3) is 0.129. The summed E-state index contributed by atoms with van der Waals surface area (Å²) in [6, 6.07) is 21.4. The van der Waals surface area contributed by atoms with E-state index in [1.54, 1.807) is 31.2 Å². The van der Waals surface area contributed by atoms with Gasteiger partial charge in [-0.1, -0.05) is 53.3 Å². The number of aryl methyl sites for hydroxylation is 2. The van der Waals surface area contributed by atoms with E-state index in [0.717, 1.165) is 11.1 Å². The van der Waals surface area contributed by atoms with E-state index in [-0.39, 0.29) is 11.5 Å². The van der Waals surface area contributed by atoms with Gasteiger partial charge in [0.05, 0.1) is 15.8 Å². The quantitative estimate of drug-likeness (QED) is 0.281. The molecule has 1 aliphatic rings. The van der Waals surface area contributed by atoms with Gasteiger partial charge in [0, 0.05) is 22.3 Å². The van der Waals surface area contributed by atoms with E-state index in [1.165, 1.54) is 15.9 Å². The molecule has 0 aliphatic carbocycles. The van der Waals surface area contributed by atoms with Crippen LogP contribution in [0.5, 0.6) is 0 Å². The van der Waals surface area contributed by atoms with Crippen LogP contribution in [0.15, 0.2) is 103 Å². The highest BCUT2D eigenvalue weighted by Gasteiger charge is 2.34. The second kappa shape index (κ2) is 10.3. The Morgan fingerprint density at radius 1 is 1.02 bits per heavy atom. The van der Waals surface area contributed by atoms with Crippen molar-refractivity contribution in [3.05, 3.63) is 132 Å². The van der Waals surface area contributed by atoms with Crippen molar-refractivity contribution in [1.82, 2.24) is 4.57 Å². The van der Waals surface area contributed by atoms with Gasteiger partial charge in [0.25, 0.3) is 11.5 Å². The second-order valence-corrected chi connectivity index (χ2v) is 11.0. The maximum absolute atomic E-state index is 13.8. The van der Waals surface area contributed by atoms with E-state index >= 15 is 0 Å². The molecule has 1 atom stereocenters. The van der Waals surface area contributed by atoms with Crippen molar-refractivity contribution in [3.63, 3.8) is 0 Å². The van der Waals surface area contributed by atoms with Gasteiger partial charge in [-0.25, -0.2) is 4.99 Å². The molecule has 7 nitrogen and oxygen atoms in total.